The second kappa shape index (κ2) is 7.62. The van der Waals surface area contributed by atoms with Crippen molar-refractivity contribution in [2.75, 3.05) is 12.4 Å². The second-order valence-electron chi connectivity index (χ2n) is 6.27. The number of carbonyl (C=O) groups is 2. The van der Waals surface area contributed by atoms with E-state index in [0.29, 0.717) is 40.1 Å². The number of hydrogen-bond donors (Lipinski definition) is 0. The summed E-state index contributed by atoms with van der Waals surface area (Å²) in [5, 5.41) is 1.10. The van der Waals surface area contributed by atoms with Gasteiger partial charge in [-0.25, -0.2) is 9.79 Å². The zero-order valence-corrected chi connectivity index (χ0v) is 15.6. The monoisotopic (exact) mass is 378 g/mol. The van der Waals surface area contributed by atoms with Crippen molar-refractivity contribution in [2.45, 2.75) is 26.3 Å². The molecule has 0 radical (unpaired) electrons. The fraction of sp³-hybridized carbons (Fsp3) is 0.389. The Morgan fingerprint density at radius 2 is 2.20 bits per heavy atom. The fourth-order valence-corrected chi connectivity index (χ4v) is 3.88. The summed E-state index contributed by atoms with van der Waals surface area (Å²) in [5.74, 6) is 0.373. The summed E-state index contributed by atoms with van der Waals surface area (Å²) in [7, 11) is 0. The van der Waals surface area contributed by atoms with E-state index in [2.05, 4.69) is 4.99 Å². The number of amidine groups is 1. The maximum atomic E-state index is 12.6. The molecule has 1 aromatic carbocycles. The Kier molecular flexibility index (Phi) is 5.49. The summed E-state index contributed by atoms with van der Waals surface area (Å²) >= 11 is 7.87. The van der Waals surface area contributed by atoms with Gasteiger partial charge in [0.15, 0.2) is 5.17 Å². The maximum Gasteiger partial charge on any atom is 0.338 e. The zero-order chi connectivity index (χ0) is 18.0. The number of hydrogen-bond acceptors (Lipinski definition) is 5. The minimum Gasteiger partial charge on any atom is -0.462 e. The molecule has 0 unspecified atom stereocenters. The van der Waals surface area contributed by atoms with Crippen molar-refractivity contribution in [3.8, 4) is 0 Å². The van der Waals surface area contributed by atoms with E-state index in [4.69, 9.17) is 16.3 Å². The number of fused-ring (bicyclic) bond motifs is 1. The number of esters is 1. The molecule has 1 saturated heterocycles. The first-order valence-electron chi connectivity index (χ1n) is 8.13. The van der Waals surface area contributed by atoms with E-state index in [1.165, 1.54) is 18.0 Å². The van der Waals surface area contributed by atoms with Gasteiger partial charge in [-0.05, 0) is 17.5 Å². The highest BCUT2D eigenvalue weighted by Crippen LogP contribution is 2.40. The van der Waals surface area contributed by atoms with Crippen LogP contribution in [0.1, 0.15) is 31.9 Å². The summed E-state index contributed by atoms with van der Waals surface area (Å²) in [6.07, 6.45) is 1.91. The molecule has 1 amide bonds. The maximum absolute atomic E-state index is 12.6. The molecule has 1 fully saturated rings. The Hall–Kier alpha value is -1.79. The van der Waals surface area contributed by atoms with E-state index in [9.17, 15) is 9.59 Å². The molecular weight excluding hydrogens is 360 g/mol. The molecule has 0 aliphatic carbocycles. The molecule has 3 rings (SSSR count). The van der Waals surface area contributed by atoms with Crippen LogP contribution >= 0.6 is 23.4 Å². The molecule has 2 aliphatic heterocycles. The summed E-state index contributed by atoms with van der Waals surface area (Å²) in [5.41, 5.74) is 1.02. The van der Waals surface area contributed by atoms with Crippen molar-refractivity contribution in [2.24, 2.45) is 10.9 Å². The number of carbonyl (C=O) groups excluding carboxylic acids is 2. The highest BCUT2D eigenvalue weighted by Gasteiger charge is 2.40. The van der Waals surface area contributed by atoms with Crippen LogP contribution < -0.4 is 0 Å². The van der Waals surface area contributed by atoms with Gasteiger partial charge in [-0.3, -0.25) is 9.69 Å². The van der Waals surface area contributed by atoms with E-state index in [-0.39, 0.29) is 11.8 Å². The number of aliphatic imine (C=N–C) groups is 1. The van der Waals surface area contributed by atoms with E-state index in [1.54, 1.807) is 11.0 Å². The number of amides is 1. The first-order chi connectivity index (χ1) is 12.0. The van der Waals surface area contributed by atoms with E-state index < -0.39 is 12.0 Å². The Morgan fingerprint density at radius 1 is 1.44 bits per heavy atom. The van der Waals surface area contributed by atoms with Crippen molar-refractivity contribution in [1.29, 1.82) is 0 Å². The third-order valence-corrected chi connectivity index (χ3v) is 5.18. The molecular formula is C18H19ClN2O3S. The summed E-state index contributed by atoms with van der Waals surface area (Å²) < 4.78 is 5.39. The predicted molar refractivity (Wildman–Crippen MR) is 99.4 cm³/mol. The van der Waals surface area contributed by atoms with Crippen LogP contribution in [0.25, 0.3) is 0 Å². The lowest BCUT2D eigenvalue weighted by atomic mass is 9.96. The molecule has 0 spiro atoms. The number of thioether (sulfide) groups is 1. The highest BCUT2D eigenvalue weighted by molar-refractivity contribution is 8.14. The zero-order valence-electron chi connectivity index (χ0n) is 14.1. The lowest BCUT2D eigenvalue weighted by Crippen LogP contribution is -2.45. The average molecular weight is 379 g/mol. The molecule has 1 aromatic rings. The van der Waals surface area contributed by atoms with Crippen LogP contribution in [0.3, 0.4) is 0 Å². The van der Waals surface area contributed by atoms with Crippen LogP contribution in [-0.2, 0) is 14.3 Å². The quantitative estimate of drug-likeness (QED) is 0.748. The van der Waals surface area contributed by atoms with Crippen LogP contribution in [0.2, 0.25) is 5.02 Å². The van der Waals surface area contributed by atoms with Crippen molar-refractivity contribution in [1.82, 2.24) is 4.90 Å². The van der Waals surface area contributed by atoms with Crippen molar-refractivity contribution in [3.63, 3.8) is 0 Å². The molecule has 0 N–H and O–H groups in total. The van der Waals surface area contributed by atoms with E-state index in [0.717, 1.165) is 0 Å². The Morgan fingerprint density at radius 3 is 2.92 bits per heavy atom. The van der Waals surface area contributed by atoms with Gasteiger partial charge in [0.2, 0.25) is 5.91 Å². The molecule has 0 bridgehead atoms. The highest BCUT2D eigenvalue weighted by atomic mass is 35.5. The third kappa shape index (κ3) is 3.75. The smallest absolute Gasteiger partial charge is 0.338 e. The summed E-state index contributed by atoms with van der Waals surface area (Å²) in [6, 6.07) is 6.62. The number of nitrogens with zero attached hydrogens (tertiary/aromatic N) is 2. The SMILES string of the molecule is CC(C)COC(=O)C1=CN=C2SCCC(=O)N2[C@@H]1c1ccccc1Cl. The standard InChI is InChI=1S/C18H19ClN2O3S/c1-11(2)10-24-17(23)13-9-20-18-21(15(22)7-8-25-18)16(13)12-5-3-4-6-14(12)19/h3-6,9,11,16H,7-8,10H2,1-2H3/t16-/m1/s1. The predicted octanol–water partition coefficient (Wildman–Crippen LogP) is 3.80. The van der Waals surface area contributed by atoms with E-state index >= 15 is 0 Å². The number of rotatable bonds is 4. The first kappa shape index (κ1) is 18.0. The minimum atomic E-state index is -0.610. The van der Waals surface area contributed by atoms with Gasteiger partial charge in [0, 0.05) is 23.4 Å². The van der Waals surface area contributed by atoms with Crippen LogP contribution in [0.4, 0.5) is 0 Å². The topological polar surface area (TPSA) is 59.0 Å². The third-order valence-electron chi connectivity index (χ3n) is 3.87. The molecule has 7 heteroatoms. The van der Waals surface area contributed by atoms with Gasteiger partial charge in [0.25, 0.3) is 0 Å². The lowest BCUT2D eigenvalue weighted by Gasteiger charge is -2.38. The van der Waals surface area contributed by atoms with Gasteiger partial charge in [-0.15, -0.1) is 0 Å². The fourth-order valence-electron chi connectivity index (χ4n) is 2.71. The van der Waals surface area contributed by atoms with Gasteiger partial charge in [-0.2, -0.15) is 0 Å². The van der Waals surface area contributed by atoms with Gasteiger partial charge >= 0.3 is 5.97 Å². The number of ether oxygens (including phenoxy) is 1. The Labute approximate surface area is 156 Å². The lowest BCUT2D eigenvalue weighted by molar-refractivity contribution is -0.141. The number of halogens is 1. The average Bonchev–Trinajstić information content (AvgIpc) is 2.59. The van der Waals surface area contributed by atoms with Gasteiger partial charge in [-0.1, -0.05) is 55.4 Å². The molecule has 0 saturated carbocycles. The Bertz CT molecular complexity index is 760. The van der Waals surface area contributed by atoms with Crippen molar-refractivity contribution in [3.05, 3.63) is 46.6 Å². The first-order valence-corrected chi connectivity index (χ1v) is 9.49. The van der Waals surface area contributed by atoms with Crippen LogP contribution in [0.5, 0.6) is 0 Å². The van der Waals surface area contributed by atoms with Crippen LogP contribution in [0.15, 0.2) is 41.0 Å². The molecule has 1 atom stereocenters. The Balaban J connectivity index is 2.02. The van der Waals surface area contributed by atoms with Gasteiger partial charge in [0.05, 0.1) is 18.2 Å². The van der Waals surface area contributed by atoms with Crippen molar-refractivity contribution < 1.29 is 14.3 Å². The van der Waals surface area contributed by atoms with Crippen LogP contribution in [-0.4, -0.2) is 34.3 Å². The molecule has 132 valence electrons. The molecule has 2 aliphatic rings. The molecule has 25 heavy (non-hydrogen) atoms. The molecule has 0 aromatic heterocycles. The van der Waals surface area contributed by atoms with Crippen LogP contribution in [0, 0.1) is 5.92 Å². The van der Waals surface area contributed by atoms with Crippen molar-refractivity contribution >= 4 is 40.4 Å². The number of benzene rings is 1. The van der Waals surface area contributed by atoms with Gasteiger partial charge in [0.1, 0.15) is 0 Å². The second-order valence-corrected chi connectivity index (χ2v) is 7.74. The van der Waals surface area contributed by atoms with Gasteiger partial charge < -0.3 is 4.74 Å². The summed E-state index contributed by atoms with van der Waals surface area (Å²) in [4.78, 5) is 31.1. The normalized spacial score (nSPS) is 20.1. The summed E-state index contributed by atoms with van der Waals surface area (Å²) in [6.45, 7) is 4.24. The van der Waals surface area contributed by atoms with E-state index in [1.807, 2.05) is 32.0 Å². The molecule has 2 heterocycles. The minimum absolute atomic E-state index is 0.0651. The molecule has 5 nitrogen and oxygen atoms in total. The largest absolute Gasteiger partial charge is 0.462 e.